The molecule has 4 rings (SSSR count). The van der Waals surface area contributed by atoms with E-state index >= 15 is 0 Å². The van der Waals surface area contributed by atoms with Crippen LogP contribution < -0.4 is 10.3 Å². The molecule has 1 aliphatic rings. The highest BCUT2D eigenvalue weighted by atomic mass is 32.2. The lowest BCUT2D eigenvalue weighted by Gasteiger charge is -2.25. The fourth-order valence-electron chi connectivity index (χ4n) is 3.87. The van der Waals surface area contributed by atoms with E-state index in [1.165, 1.54) is 16.4 Å². The Kier molecular flexibility index (Phi) is 7.40. The van der Waals surface area contributed by atoms with E-state index in [2.05, 4.69) is 15.4 Å². The maximum Gasteiger partial charge on any atom is 0.271 e. The van der Waals surface area contributed by atoms with Gasteiger partial charge in [0.2, 0.25) is 10.0 Å². The average Bonchev–Trinajstić information content (AvgIpc) is 2.89. The summed E-state index contributed by atoms with van der Waals surface area (Å²) in [7, 11) is -1.60. The molecule has 0 bridgehead atoms. The first-order valence-corrected chi connectivity index (χ1v) is 12.7. The number of anilines is 2. The third-order valence-electron chi connectivity index (χ3n) is 5.85. The van der Waals surface area contributed by atoms with Gasteiger partial charge in [0.25, 0.3) is 5.91 Å². The van der Waals surface area contributed by atoms with E-state index in [0.717, 1.165) is 36.2 Å². The normalized spacial score (nSPS) is 14.7. The number of carbonyl (C=O) groups is 1. The zero-order chi connectivity index (χ0) is 24.0. The minimum absolute atomic E-state index is 0.129. The predicted octanol–water partition coefficient (Wildman–Crippen LogP) is 4.39. The second-order valence-corrected chi connectivity index (χ2v) is 10.1. The highest BCUT2D eigenvalue weighted by Crippen LogP contribution is 2.23. The van der Waals surface area contributed by atoms with Gasteiger partial charge in [0.1, 0.15) is 0 Å². The van der Waals surface area contributed by atoms with Crippen LogP contribution in [0.2, 0.25) is 0 Å². The van der Waals surface area contributed by atoms with Crippen molar-refractivity contribution in [3.63, 3.8) is 0 Å². The summed E-state index contributed by atoms with van der Waals surface area (Å²) in [5.74, 6) is -0.465. The van der Waals surface area contributed by atoms with Gasteiger partial charge in [-0.1, -0.05) is 42.8 Å². The number of sulfonamides is 1. The van der Waals surface area contributed by atoms with Crippen LogP contribution in [0.5, 0.6) is 0 Å². The molecule has 1 heterocycles. The van der Waals surface area contributed by atoms with Crippen LogP contribution in [-0.2, 0) is 10.0 Å². The van der Waals surface area contributed by atoms with Crippen molar-refractivity contribution in [3.8, 4) is 0 Å². The van der Waals surface area contributed by atoms with Gasteiger partial charge in [-0.05, 0) is 60.9 Å². The van der Waals surface area contributed by atoms with Crippen LogP contribution in [0.25, 0.3) is 0 Å². The van der Waals surface area contributed by atoms with Gasteiger partial charge in [-0.15, -0.1) is 0 Å². The van der Waals surface area contributed by atoms with E-state index < -0.39 is 15.9 Å². The average molecular weight is 477 g/mol. The first kappa shape index (κ1) is 23.7. The smallest absolute Gasteiger partial charge is 0.271 e. The monoisotopic (exact) mass is 476 g/mol. The molecule has 7 nitrogen and oxygen atoms in total. The standard InChI is InChI=1S/C26H28N4O3S/c1-29(23-10-4-2-5-11-23)24-15-13-21(14-16-24)20-27-28-26(31)22-9-8-12-25(19-22)34(32,33)30-17-6-3-7-18-30/h2,4-5,8-16,19-20H,3,6-7,17-18H2,1H3,(H,28,31). The topological polar surface area (TPSA) is 82.1 Å². The molecule has 1 aliphatic heterocycles. The first-order chi connectivity index (χ1) is 16.4. The zero-order valence-corrected chi connectivity index (χ0v) is 19.9. The number of nitrogens with one attached hydrogen (secondary N) is 1. The number of amides is 1. The molecule has 34 heavy (non-hydrogen) atoms. The van der Waals surface area contributed by atoms with Crippen molar-refractivity contribution in [1.29, 1.82) is 0 Å². The van der Waals surface area contributed by atoms with E-state index in [-0.39, 0.29) is 10.5 Å². The van der Waals surface area contributed by atoms with Crippen LogP contribution in [0.4, 0.5) is 11.4 Å². The lowest BCUT2D eigenvalue weighted by Crippen LogP contribution is -2.35. The second-order valence-electron chi connectivity index (χ2n) is 8.18. The maximum atomic E-state index is 12.9. The van der Waals surface area contributed by atoms with Gasteiger partial charge in [0.15, 0.2) is 0 Å². The van der Waals surface area contributed by atoms with Gasteiger partial charge in [0.05, 0.1) is 11.1 Å². The van der Waals surface area contributed by atoms with Crippen molar-refractivity contribution in [2.24, 2.45) is 5.10 Å². The highest BCUT2D eigenvalue weighted by Gasteiger charge is 2.26. The van der Waals surface area contributed by atoms with Crippen LogP contribution in [-0.4, -0.2) is 45.0 Å². The summed E-state index contributed by atoms with van der Waals surface area (Å²) in [4.78, 5) is 14.8. The van der Waals surface area contributed by atoms with Crippen molar-refractivity contribution in [2.75, 3.05) is 25.0 Å². The SMILES string of the molecule is CN(c1ccccc1)c1ccc(C=NNC(=O)c2cccc(S(=O)(=O)N3CCCCC3)c2)cc1. The molecule has 1 fully saturated rings. The van der Waals surface area contributed by atoms with Crippen molar-refractivity contribution >= 4 is 33.5 Å². The molecule has 0 spiro atoms. The summed E-state index contributed by atoms with van der Waals surface area (Å²) >= 11 is 0. The molecule has 3 aromatic rings. The van der Waals surface area contributed by atoms with Gasteiger partial charge in [0, 0.05) is 37.1 Å². The third kappa shape index (κ3) is 5.52. The van der Waals surface area contributed by atoms with Crippen molar-refractivity contribution < 1.29 is 13.2 Å². The molecule has 0 unspecified atom stereocenters. The number of piperidine rings is 1. The Morgan fingerprint density at radius 1 is 0.912 bits per heavy atom. The Morgan fingerprint density at radius 2 is 1.59 bits per heavy atom. The molecule has 3 aromatic carbocycles. The van der Waals surface area contributed by atoms with Gasteiger partial charge in [-0.3, -0.25) is 4.79 Å². The summed E-state index contributed by atoms with van der Waals surface area (Å²) in [5, 5.41) is 4.03. The number of carbonyl (C=O) groups excluding carboxylic acids is 1. The summed E-state index contributed by atoms with van der Waals surface area (Å²) in [6.45, 7) is 1.03. The molecule has 0 aromatic heterocycles. The maximum absolute atomic E-state index is 12.9. The highest BCUT2D eigenvalue weighted by molar-refractivity contribution is 7.89. The van der Waals surface area contributed by atoms with Crippen LogP contribution >= 0.6 is 0 Å². The number of para-hydroxylation sites is 1. The lowest BCUT2D eigenvalue weighted by molar-refractivity contribution is 0.0955. The van der Waals surface area contributed by atoms with Gasteiger partial charge in [-0.25, -0.2) is 13.8 Å². The zero-order valence-electron chi connectivity index (χ0n) is 19.1. The van der Waals surface area contributed by atoms with Crippen molar-refractivity contribution in [1.82, 2.24) is 9.73 Å². The third-order valence-corrected chi connectivity index (χ3v) is 7.75. The Bertz CT molecular complexity index is 1250. The lowest BCUT2D eigenvalue weighted by atomic mass is 10.2. The van der Waals surface area contributed by atoms with Gasteiger partial charge < -0.3 is 4.90 Å². The molecular weight excluding hydrogens is 448 g/mol. The predicted molar refractivity (Wildman–Crippen MR) is 135 cm³/mol. The van der Waals surface area contributed by atoms with Crippen LogP contribution in [0.3, 0.4) is 0 Å². The van der Waals surface area contributed by atoms with E-state index in [9.17, 15) is 13.2 Å². The van der Waals surface area contributed by atoms with E-state index in [0.29, 0.717) is 13.1 Å². The number of benzene rings is 3. The number of rotatable bonds is 7. The molecule has 0 atom stereocenters. The molecule has 1 N–H and O–H groups in total. The Hall–Kier alpha value is -3.49. The van der Waals surface area contributed by atoms with Crippen LogP contribution in [0.1, 0.15) is 35.2 Å². The number of hydrogen-bond donors (Lipinski definition) is 1. The quantitative estimate of drug-likeness (QED) is 0.405. The van der Waals surface area contributed by atoms with E-state index in [4.69, 9.17) is 0 Å². The molecular formula is C26H28N4O3S. The molecule has 1 saturated heterocycles. The van der Waals surface area contributed by atoms with Crippen molar-refractivity contribution in [2.45, 2.75) is 24.2 Å². The molecule has 1 amide bonds. The summed E-state index contributed by atoms with van der Waals surface area (Å²) in [6.07, 6.45) is 4.31. The first-order valence-electron chi connectivity index (χ1n) is 11.3. The van der Waals surface area contributed by atoms with Crippen molar-refractivity contribution in [3.05, 3.63) is 90.0 Å². The molecule has 0 aliphatic carbocycles. The number of nitrogens with zero attached hydrogens (tertiary/aromatic N) is 3. The Balaban J connectivity index is 1.39. The second kappa shape index (κ2) is 10.6. The van der Waals surface area contributed by atoms with E-state index in [1.807, 2.05) is 61.6 Å². The fourth-order valence-corrected chi connectivity index (χ4v) is 5.43. The number of hydrogen-bond acceptors (Lipinski definition) is 5. The van der Waals surface area contributed by atoms with Crippen LogP contribution in [0.15, 0.2) is 88.9 Å². The Morgan fingerprint density at radius 3 is 2.29 bits per heavy atom. The largest absolute Gasteiger partial charge is 0.345 e. The van der Waals surface area contributed by atoms with Crippen LogP contribution in [0, 0.1) is 0 Å². The van der Waals surface area contributed by atoms with E-state index in [1.54, 1.807) is 18.3 Å². The summed E-state index contributed by atoms with van der Waals surface area (Å²) in [6, 6.07) is 23.9. The fraction of sp³-hybridized carbons (Fsp3) is 0.231. The van der Waals surface area contributed by atoms with Gasteiger partial charge in [-0.2, -0.15) is 9.41 Å². The minimum atomic E-state index is -3.60. The minimum Gasteiger partial charge on any atom is -0.345 e. The summed E-state index contributed by atoms with van der Waals surface area (Å²) < 4.78 is 27.3. The number of hydrazone groups is 1. The molecule has 8 heteroatoms. The Labute approximate surface area is 200 Å². The molecule has 0 saturated carbocycles. The van der Waals surface area contributed by atoms with Gasteiger partial charge >= 0.3 is 0 Å². The summed E-state index contributed by atoms with van der Waals surface area (Å²) in [5.41, 5.74) is 5.66. The molecule has 176 valence electrons. The molecule has 0 radical (unpaired) electrons.